The topological polar surface area (TPSA) is 12.9 Å². The molecule has 0 amide bonds. The summed E-state index contributed by atoms with van der Waals surface area (Å²) < 4.78 is 1.12. The van der Waals surface area contributed by atoms with Crippen LogP contribution in [0.2, 0.25) is 5.02 Å². The number of aromatic nitrogens is 1. The molecule has 0 spiro atoms. The molecule has 3 aromatic rings. The van der Waals surface area contributed by atoms with Crippen LogP contribution < -0.4 is 0 Å². The van der Waals surface area contributed by atoms with Crippen molar-refractivity contribution in [3.8, 4) is 11.3 Å². The van der Waals surface area contributed by atoms with Crippen LogP contribution in [0.5, 0.6) is 0 Å². The zero-order valence-electron chi connectivity index (χ0n) is 9.40. The van der Waals surface area contributed by atoms with Gasteiger partial charge in [-0.1, -0.05) is 54.1 Å². The van der Waals surface area contributed by atoms with Gasteiger partial charge >= 0.3 is 0 Å². The van der Waals surface area contributed by atoms with E-state index in [1.54, 1.807) is 0 Å². The zero-order valence-corrected chi connectivity index (χ0v) is 12.3. The van der Waals surface area contributed by atoms with E-state index in [0.717, 1.165) is 30.8 Å². The van der Waals surface area contributed by atoms with E-state index >= 15 is 0 Å². The van der Waals surface area contributed by atoms with Crippen LogP contribution in [0.15, 0.2) is 54.6 Å². The SMILES string of the molecule is Clc1cc(-c2ccccc2)nc2c(I)cccc12. The molecule has 0 aliphatic rings. The van der Waals surface area contributed by atoms with Crippen LogP contribution in [-0.2, 0) is 0 Å². The summed E-state index contributed by atoms with van der Waals surface area (Å²) >= 11 is 8.63. The third kappa shape index (κ3) is 2.10. The number of fused-ring (bicyclic) bond motifs is 1. The largest absolute Gasteiger partial charge is 0.247 e. The van der Waals surface area contributed by atoms with Gasteiger partial charge in [0.1, 0.15) is 0 Å². The highest BCUT2D eigenvalue weighted by Gasteiger charge is 2.07. The van der Waals surface area contributed by atoms with Crippen LogP contribution in [0.1, 0.15) is 0 Å². The molecule has 18 heavy (non-hydrogen) atoms. The van der Waals surface area contributed by atoms with Gasteiger partial charge in [0.2, 0.25) is 0 Å². The van der Waals surface area contributed by atoms with Crippen molar-refractivity contribution >= 4 is 45.1 Å². The Kier molecular flexibility index (Phi) is 3.22. The molecular weight excluding hydrogens is 357 g/mol. The predicted molar refractivity (Wildman–Crippen MR) is 84.9 cm³/mol. The summed E-state index contributed by atoms with van der Waals surface area (Å²) in [6.07, 6.45) is 0. The highest BCUT2D eigenvalue weighted by atomic mass is 127. The smallest absolute Gasteiger partial charge is 0.0857 e. The van der Waals surface area contributed by atoms with Crippen LogP contribution in [0.25, 0.3) is 22.2 Å². The van der Waals surface area contributed by atoms with Crippen LogP contribution >= 0.6 is 34.2 Å². The minimum atomic E-state index is 0.748. The summed E-state index contributed by atoms with van der Waals surface area (Å²) in [6.45, 7) is 0. The number of hydrogen-bond donors (Lipinski definition) is 0. The molecule has 0 atom stereocenters. The lowest BCUT2D eigenvalue weighted by molar-refractivity contribution is 1.39. The molecule has 1 aromatic heterocycles. The Bertz CT molecular complexity index is 710. The van der Waals surface area contributed by atoms with Crippen molar-refractivity contribution in [2.24, 2.45) is 0 Å². The minimum absolute atomic E-state index is 0.748. The third-order valence-electron chi connectivity index (χ3n) is 2.81. The fourth-order valence-electron chi connectivity index (χ4n) is 1.93. The maximum absolute atomic E-state index is 6.34. The van der Waals surface area contributed by atoms with E-state index < -0.39 is 0 Å². The number of pyridine rings is 1. The fourth-order valence-corrected chi connectivity index (χ4v) is 2.80. The van der Waals surface area contributed by atoms with Crippen molar-refractivity contribution in [2.75, 3.05) is 0 Å². The standard InChI is InChI=1S/C15H9ClIN/c16-12-9-14(10-5-2-1-3-6-10)18-15-11(12)7-4-8-13(15)17/h1-9H. The van der Waals surface area contributed by atoms with Gasteiger partial charge in [-0.2, -0.15) is 0 Å². The summed E-state index contributed by atoms with van der Waals surface area (Å²) in [7, 11) is 0. The normalized spacial score (nSPS) is 10.8. The van der Waals surface area contributed by atoms with Crippen molar-refractivity contribution in [1.82, 2.24) is 4.98 Å². The van der Waals surface area contributed by atoms with Crippen LogP contribution in [0.3, 0.4) is 0 Å². The average molecular weight is 366 g/mol. The summed E-state index contributed by atoms with van der Waals surface area (Å²) in [5.74, 6) is 0. The van der Waals surface area contributed by atoms with Crippen molar-refractivity contribution in [3.05, 3.63) is 63.2 Å². The molecule has 0 fully saturated rings. The first kappa shape index (κ1) is 11.9. The van der Waals surface area contributed by atoms with E-state index in [2.05, 4.69) is 22.6 Å². The number of hydrogen-bond acceptors (Lipinski definition) is 1. The van der Waals surface area contributed by atoms with Gasteiger partial charge in [0, 0.05) is 14.5 Å². The van der Waals surface area contributed by atoms with E-state index in [0.29, 0.717) is 0 Å². The number of para-hydroxylation sites is 1. The Hall–Kier alpha value is -1.13. The summed E-state index contributed by atoms with van der Waals surface area (Å²) in [5.41, 5.74) is 2.96. The molecule has 0 saturated carbocycles. The molecule has 0 aliphatic heterocycles. The third-order valence-corrected chi connectivity index (χ3v) is 3.99. The van der Waals surface area contributed by atoms with Gasteiger partial charge in [-0.05, 0) is 34.7 Å². The molecule has 3 rings (SSSR count). The van der Waals surface area contributed by atoms with Crippen LogP contribution in [0, 0.1) is 3.57 Å². The second-order valence-electron chi connectivity index (χ2n) is 3.99. The van der Waals surface area contributed by atoms with E-state index in [1.807, 2.05) is 54.6 Å². The zero-order chi connectivity index (χ0) is 12.5. The Labute approximate surface area is 124 Å². The monoisotopic (exact) mass is 365 g/mol. The first-order chi connectivity index (χ1) is 8.75. The van der Waals surface area contributed by atoms with E-state index in [4.69, 9.17) is 16.6 Å². The first-order valence-corrected chi connectivity index (χ1v) is 7.01. The molecule has 0 aliphatic carbocycles. The molecule has 88 valence electrons. The summed E-state index contributed by atoms with van der Waals surface area (Å²) in [5, 5.41) is 1.75. The van der Waals surface area contributed by atoms with Crippen molar-refractivity contribution in [2.45, 2.75) is 0 Å². The highest BCUT2D eigenvalue weighted by Crippen LogP contribution is 2.30. The Morgan fingerprint density at radius 2 is 1.72 bits per heavy atom. The molecule has 3 heteroatoms. The lowest BCUT2D eigenvalue weighted by atomic mass is 10.1. The Balaban J connectivity index is 2.31. The van der Waals surface area contributed by atoms with Gasteiger partial charge in [0.15, 0.2) is 0 Å². The predicted octanol–water partition coefficient (Wildman–Crippen LogP) is 5.16. The maximum Gasteiger partial charge on any atom is 0.0857 e. The average Bonchev–Trinajstić information content (AvgIpc) is 2.41. The van der Waals surface area contributed by atoms with Crippen LogP contribution in [0.4, 0.5) is 0 Å². The number of benzene rings is 2. The molecule has 0 radical (unpaired) electrons. The molecule has 1 heterocycles. The molecular formula is C15H9ClIN. The van der Waals surface area contributed by atoms with Crippen molar-refractivity contribution in [3.63, 3.8) is 0 Å². The van der Waals surface area contributed by atoms with Gasteiger partial charge < -0.3 is 0 Å². The molecule has 0 N–H and O–H groups in total. The number of nitrogens with zero attached hydrogens (tertiary/aromatic N) is 1. The van der Waals surface area contributed by atoms with Crippen LogP contribution in [-0.4, -0.2) is 4.98 Å². The van der Waals surface area contributed by atoms with Gasteiger partial charge in [-0.3, -0.25) is 0 Å². The van der Waals surface area contributed by atoms with E-state index in [1.165, 1.54) is 0 Å². The van der Waals surface area contributed by atoms with Gasteiger partial charge in [-0.15, -0.1) is 0 Å². The van der Waals surface area contributed by atoms with Gasteiger partial charge in [0.25, 0.3) is 0 Å². The second kappa shape index (κ2) is 4.86. The first-order valence-electron chi connectivity index (χ1n) is 5.56. The van der Waals surface area contributed by atoms with E-state index in [-0.39, 0.29) is 0 Å². The van der Waals surface area contributed by atoms with Crippen molar-refractivity contribution in [1.29, 1.82) is 0 Å². The number of halogens is 2. The molecule has 0 unspecified atom stereocenters. The van der Waals surface area contributed by atoms with Gasteiger partial charge in [-0.25, -0.2) is 4.98 Å². The van der Waals surface area contributed by atoms with Crippen molar-refractivity contribution < 1.29 is 0 Å². The summed E-state index contributed by atoms with van der Waals surface area (Å²) in [6, 6.07) is 18.1. The summed E-state index contributed by atoms with van der Waals surface area (Å²) in [4.78, 5) is 4.71. The quantitative estimate of drug-likeness (QED) is 0.543. The lowest BCUT2D eigenvalue weighted by Gasteiger charge is -2.06. The second-order valence-corrected chi connectivity index (χ2v) is 5.56. The van der Waals surface area contributed by atoms with E-state index in [9.17, 15) is 0 Å². The van der Waals surface area contributed by atoms with Gasteiger partial charge in [0.05, 0.1) is 16.2 Å². The number of rotatable bonds is 1. The molecule has 2 aromatic carbocycles. The molecule has 0 bridgehead atoms. The Morgan fingerprint density at radius 3 is 2.50 bits per heavy atom. The lowest BCUT2D eigenvalue weighted by Crippen LogP contribution is -1.88. The highest BCUT2D eigenvalue weighted by molar-refractivity contribution is 14.1. The molecule has 1 nitrogen and oxygen atoms in total. The Morgan fingerprint density at radius 1 is 0.944 bits per heavy atom. The maximum atomic E-state index is 6.34. The fraction of sp³-hybridized carbons (Fsp3) is 0. The molecule has 0 saturated heterocycles. The minimum Gasteiger partial charge on any atom is -0.247 e.